The second-order valence-electron chi connectivity index (χ2n) is 6.76. The number of pyridine rings is 1. The van der Waals surface area contributed by atoms with Crippen LogP contribution < -0.4 is 9.88 Å². The Kier molecular flexibility index (Phi) is 12.5. The Morgan fingerprint density at radius 1 is 0.800 bits per heavy atom. The van der Waals surface area contributed by atoms with E-state index >= 15 is 0 Å². The number of ketones is 1. The van der Waals surface area contributed by atoms with Gasteiger partial charge in [0.05, 0.1) is 0 Å². The van der Waals surface area contributed by atoms with Crippen molar-refractivity contribution in [3.05, 3.63) is 30.6 Å². The van der Waals surface area contributed by atoms with Gasteiger partial charge in [0, 0.05) is 31.5 Å². The molecule has 0 unspecified atom stereocenters. The monoisotopic (exact) mass is 347 g/mol. The Morgan fingerprint density at radius 3 is 2.04 bits per heavy atom. The van der Waals surface area contributed by atoms with Crippen molar-refractivity contribution >= 4 is 11.7 Å². The van der Waals surface area contributed by atoms with Crippen molar-refractivity contribution in [2.75, 3.05) is 6.54 Å². The number of nitrogens with one attached hydrogen (secondary N) is 1. The highest BCUT2D eigenvalue weighted by Crippen LogP contribution is 2.10. The SMILES string of the molecule is CCCCCCCCCCCC(=O)CCNC(=O)C[n+]1ccccc1. The maximum absolute atomic E-state index is 11.8. The summed E-state index contributed by atoms with van der Waals surface area (Å²) in [7, 11) is 0. The highest BCUT2D eigenvalue weighted by molar-refractivity contribution is 5.79. The molecule has 4 nitrogen and oxygen atoms in total. The molecule has 1 amide bonds. The third kappa shape index (κ3) is 12.3. The molecule has 1 N–H and O–H groups in total. The summed E-state index contributed by atoms with van der Waals surface area (Å²) >= 11 is 0. The van der Waals surface area contributed by atoms with Crippen molar-refractivity contribution in [3.63, 3.8) is 0 Å². The summed E-state index contributed by atoms with van der Waals surface area (Å²) in [6.07, 6.45) is 16.2. The molecule has 0 atom stereocenters. The van der Waals surface area contributed by atoms with Gasteiger partial charge in [-0.25, -0.2) is 0 Å². The lowest BCUT2D eigenvalue weighted by Crippen LogP contribution is -2.42. The first-order valence-electron chi connectivity index (χ1n) is 9.95. The van der Waals surface area contributed by atoms with E-state index in [1.807, 2.05) is 35.2 Å². The average Bonchev–Trinajstić information content (AvgIpc) is 2.61. The lowest BCUT2D eigenvalue weighted by Gasteiger charge is -2.04. The second kappa shape index (κ2) is 14.6. The number of carbonyl (C=O) groups excluding carboxylic acids is 2. The maximum atomic E-state index is 11.8. The molecule has 0 bridgehead atoms. The van der Waals surface area contributed by atoms with Crippen molar-refractivity contribution in [1.29, 1.82) is 0 Å². The predicted molar refractivity (Wildman–Crippen MR) is 101 cm³/mol. The molecule has 0 saturated heterocycles. The Balaban J connectivity index is 1.92. The summed E-state index contributed by atoms with van der Waals surface area (Å²) in [4.78, 5) is 23.6. The molecule has 1 aromatic rings. The van der Waals surface area contributed by atoms with Crippen LogP contribution in [0, 0.1) is 0 Å². The molecule has 0 fully saturated rings. The molecule has 0 radical (unpaired) electrons. The number of rotatable bonds is 15. The highest BCUT2D eigenvalue weighted by Gasteiger charge is 2.08. The number of Topliss-reactive ketones (excluding diaryl/α,β-unsaturated/α-hetero) is 1. The van der Waals surface area contributed by atoms with Gasteiger partial charge in [-0.3, -0.25) is 9.59 Å². The number of aromatic nitrogens is 1. The molecular formula is C21H35N2O2+. The molecule has 0 saturated carbocycles. The van der Waals surface area contributed by atoms with Crippen molar-refractivity contribution < 1.29 is 14.2 Å². The van der Waals surface area contributed by atoms with E-state index in [9.17, 15) is 9.59 Å². The normalized spacial score (nSPS) is 10.6. The summed E-state index contributed by atoms with van der Waals surface area (Å²) in [5.74, 6) is 0.211. The first kappa shape index (κ1) is 21.3. The van der Waals surface area contributed by atoms with Crippen LogP contribution in [-0.4, -0.2) is 18.2 Å². The largest absolute Gasteiger partial charge is 0.350 e. The van der Waals surface area contributed by atoms with E-state index in [1.54, 1.807) is 0 Å². The standard InChI is InChI=1S/C21H34N2O2/c1-2-3-4-5-6-7-8-9-11-14-20(24)15-16-22-21(25)19-23-17-12-10-13-18-23/h10,12-13,17-18H,2-9,11,14-16,19H2,1H3/p+1. The van der Waals surface area contributed by atoms with Gasteiger partial charge in [0.2, 0.25) is 6.54 Å². The molecule has 140 valence electrons. The van der Waals surface area contributed by atoms with Crippen LogP contribution in [0.15, 0.2) is 30.6 Å². The van der Waals surface area contributed by atoms with Gasteiger partial charge < -0.3 is 5.32 Å². The third-order valence-corrected chi connectivity index (χ3v) is 4.39. The van der Waals surface area contributed by atoms with Gasteiger partial charge in [0.1, 0.15) is 5.78 Å². The topological polar surface area (TPSA) is 50.1 Å². The Morgan fingerprint density at radius 2 is 1.40 bits per heavy atom. The molecule has 0 aromatic carbocycles. The quantitative estimate of drug-likeness (QED) is 0.385. The van der Waals surface area contributed by atoms with E-state index in [2.05, 4.69) is 12.2 Å². The fraction of sp³-hybridized carbons (Fsp3) is 0.667. The summed E-state index contributed by atoms with van der Waals surface area (Å²) in [6.45, 7) is 2.99. The van der Waals surface area contributed by atoms with Gasteiger partial charge in [-0.05, 0) is 6.42 Å². The van der Waals surface area contributed by atoms with Crippen LogP contribution in [0.4, 0.5) is 0 Å². The van der Waals surface area contributed by atoms with Gasteiger partial charge in [0.15, 0.2) is 12.4 Å². The van der Waals surface area contributed by atoms with Crippen molar-refractivity contribution in [3.8, 4) is 0 Å². The zero-order valence-corrected chi connectivity index (χ0v) is 15.8. The molecule has 0 aliphatic carbocycles. The van der Waals surface area contributed by atoms with E-state index in [1.165, 1.54) is 44.9 Å². The first-order chi connectivity index (χ1) is 12.2. The molecular weight excluding hydrogens is 312 g/mol. The fourth-order valence-electron chi connectivity index (χ4n) is 2.86. The zero-order valence-electron chi connectivity index (χ0n) is 15.8. The van der Waals surface area contributed by atoms with Crippen LogP contribution in [0.3, 0.4) is 0 Å². The minimum atomic E-state index is -0.0490. The van der Waals surface area contributed by atoms with Crippen LogP contribution in [0.2, 0.25) is 0 Å². The molecule has 0 spiro atoms. The minimum absolute atomic E-state index is 0.0490. The summed E-state index contributed by atoms with van der Waals surface area (Å²) in [6, 6.07) is 5.70. The molecule has 0 aliphatic heterocycles. The van der Waals surface area contributed by atoms with Crippen molar-refractivity contribution in [1.82, 2.24) is 5.32 Å². The number of amides is 1. The summed E-state index contributed by atoms with van der Waals surface area (Å²) in [5.41, 5.74) is 0. The zero-order chi connectivity index (χ0) is 18.2. The lowest BCUT2D eigenvalue weighted by molar-refractivity contribution is -0.684. The summed E-state index contributed by atoms with van der Waals surface area (Å²) < 4.78 is 1.82. The molecule has 1 heterocycles. The van der Waals surface area contributed by atoms with Gasteiger partial charge in [0.25, 0.3) is 5.91 Å². The van der Waals surface area contributed by atoms with E-state index in [0.717, 1.165) is 12.8 Å². The van der Waals surface area contributed by atoms with Gasteiger partial charge in [-0.2, -0.15) is 4.57 Å². The van der Waals surface area contributed by atoms with Crippen molar-refractivity contribution in [2.24, 2.45) is 0 Å². The maximum Gasteiger partial charge on any atom is 0.286 e. The summed E-state index contributed by atoms with van der Waals surface area (Å²) in [5, 5.41) is 2.82. The van der Waals surface area contributed by atoms with E-state index < -0.39 is 0 Å². The molecule has 1 aromatic heterocycles. The molecule has 25 heavy (non-hydrogen) atoms. The molecule has 1 rings (SSSR count). The van der Waals surface area contributed by atoms with Crippen LogP contribution in [-0.2, 0) is 16.1 Å². The van der Waals surface area contributed by atoms with Gasteiger partial charge in [-0.15, -0.1) is 0 Å². The second-order valence-corrected chi connectivity index (χ2v) is 6.76. The predicted octanol–water partition coefficient (Wildman–Crippen LogP) is 3.97. The number of hydrogen-bond donors (Lipinski definition) is 1. The van der Waals surface area contributed by atoms with Crippen LogP contribution >= 0.6 is 0 Å². The highest BCUT2D eigenvalue weighted by atomic mass is 16.2. The van der Waals surface area contributed by atoms with Crippen LogP contribution in [0.1, 0.15) is 77.6 Å². The van der Waals surface area contributed by atoms with E-state index in [4.69, 9.17) is 0 Å². The number of hydrogen-bond acceptors (Lipinski definition) is 2. The van der Waals surface area contributed by atoms with Crippen molar-refractivity contribution in [2.45, 2.75) is 84.1 Å². The lowest BCUT2D eigenvalue weighted by atomic mass is 10.0. The number of unbranched alkanes of at least 4 members (excludes halogenated alkanes) is 8. The minimum Gasteiger partial charge on any atom is -0.350 e. The number of carbonyl (C=O) groups is 2. The van der Waals surface area contributed by atoms with Gasteiger partial charge >= 0.3 is 0 Å². The molecule has 0 aliphatic rings. The fourth-order valence-corrected chi connectivity index (χ4v) is 2.86. The molecule has 4 heteroatoms. The Hall–Kier alpha value is -1.71. The van der Waals surface area contributed by atoms with E-state index in [-0.39, 0.29) is 11.7 Å². The smallest absolute Gasteiger partial charge is 0.286 e. The van der Waals surface area contributed by atoms with E-state index in [0.29, 0.717) is 25.9 Å². The average molecular weight is 348 g/mol. The Bertz CT molecular complexity index is 474. The Labute approximate surface area is 153 Å². The van der Waals surface area contributed by atoms with Gasteiger partial charge in [-0.1, -0.05) is 64.4 Å². The van der Waals surface area contributed by atoms with Crippen LogP contribution in [0.5, 0.6) is 0 Å². The third-order valence-electron chi connectivity index (χ3n) is 4.39. The number of nitrogens with zero attached hydrogens (tertiary/aromatic N) is 1. The van der Waals surface area contributed by atoms with Crippen LogP contribution in [0.25, 0.3) is 0 Å². The first-order valence-corrected chi connectivity index (χ1v) is 9.95.